The maximum atomic E-state index is 11.0. The van der Waals surface area contributed by atoms with Crippen LogP contribution >= 0.6 is 35.9 Å². The largest absolute Gasteiger partial charge is 0.302 e. The Morgan fingerprint density at radius 1 is 1.47 bits per heavy atom. The van der Waals surface area contributed by atoms with Crippen molar-refractivity contribution in [3.63, 3.8) is 0 Å². The highest BCUT2D eigenvalue weighted by atomic mass is 32.2. The first kappa shape index (κ1) is 12.4. The van der Waals surface area contributed by atoms with Crippen molar-refractivity contribution < 1.29 is 4.79 Å². The maximum absolute atomic E-state index is 11.0. The molecule has 88 valence electrons. The van der Waals surface area contributed by atoms with Gasteiger partial charge in [0.15, 0.2) is 4.34 Å². The summed E-state index contributed by atoms with van der Waals surface area (Å²) >= 11 is 6.64. The quantitative estimate of drug-likeness (QED) is 0.667. The van der Waals surface area contributed by atoms with Gasteiger partial charge in [0.25, 0.3) is 0 Å². The van der Waals surface area contributed by atoms with Gasteiger partial charge in [0.2, 0.25) is 5.91 Å². The first-order chi connectivity index (χ1) is 8.29. The van der Waals surface area contributed by atoms with Gasteiger partial charge in [-0.3, -0.25) is 9.78 Å². The van der Waals surface area contributed by atoms with Crippen LogP contribution in [0.25, 0.3) is 10.4 Å². The molecule has 0 saturated carbocycles. The molecule has 7 heteroatoms. The number of amides is 1. The van der Waals surface area contributed by atoms with Crippen LogP contribution in [-0.4, -0.2) is 21.6 Å². The van der Waals surface area contributed by atoms with E-state index in [1.165, 1.54) is 11.8 Å². The molecular formula is C10H9N3OS3. The van der Waals surface area contributed by atoms with Crippen LogP contribution in [-0.2, 0) is 4.79 Å². The molecule has 0 aromatic carbocycles. The SMILES string of the molecule is O=C(CSc1ncc(-c2ccncc2)s1)NS. The molecule has 2 aromatic rings. The first-order valence-corrected chi connectivity index (χ1v) is 6.96. The monoisotopic (exact) mass is 283 g/mol. The molecular weight excluding hydrogens is 274 g/mol. The molecule has 0 radical (unpaired) electrons. The summed E-state index contributed by atoms with van der Waals surface area (Å²) in [6.45, 7) is 0. The lowest BCUT2D eigenvalue weighted by Gasteiger charge is -1.95. The Kier molecular flexibility index (Phi) is 4.41. The fraction of sp³-hybridized carbons (Fsp3) is 0.100. The number of aromatic nitrogens is 2. The van der Waals surface area contributed by atoms with E-state index in [2.05, 4.69) is 27.5 Å². The molecule has 0 saturated heterocycles. The third-order valence-corrected chi connectivity index (χ3v) is 4.35. The third-order valence-electron chi connectivity index (χ3n) is 1.90. The summed E-state index contributed by atoms with van der Waals surface area (Å²) in [6, 6.07) is 3.87. The van der Waals surface area contributed by atoms with Crippen LogP contribution in [0.15, 0.2) is 35.1 Å². The summed E-state index contributed by atoms with van der Waals surface area (Å²) in [7, 11) is 0. The number of nitrogens with zero attached hydrogens (tertiary/aromatic N) is 2. The van der Waals surface area contributed by atoms with E-state index in [0.717, 1.165) is 14.8 Å². The maximum Gasteiger partial charge on any atom is 0.240 e. The fourth-order valence-electron chi connectivity index (χ4n) is 1.13. The number of hydrogen-bond donors (Lipinski definition) is 2. The molecule has 0 aliphatic heterocycles. The number of rotatable bonds is 4. The average Bonchev–Trinajstić information content (AvgIpc) is 2.86. The minimum atomic E-state index is -0.126. The molecule has 0 aliphatic rings. The molecule has 0 bridgehead atoms. The molecule has 0 atom stereocenters. The van der Waals surface area contributed by atoms with Crippen molar-refractivity contribution >= 4 is 41.8 Å². The van der Waals surface area contributed by atoms with Crippen LogP contribution in [0, 0.1) is 0 Å². The van der Waals surface area contributed by atoms with Gasteiger partial charge >= 0.3 is 0 Å². The van der Waals surface area contributed by atoms with Crippen molar-refractivity contribution in [2.75, 3.05) is 5.75 Å². The Balaban J connectivity index is 2.04. The van der Waals surface area contributed by atoms with Crippen LogP contribution < -0.4 is 4.72 Å². The van der Waals surface area contributed by atoms with Crippen molar-refractivity contribution in [3.8, 4) is 10.4 Å². The van der Waals surface area contributed by atoms with E-state index in [4.69, 9.17) is 0 Å². The summed E-state index contributed by atoms with van der Waals surface area (Å²) in [6.07, 6.45) is 5.30. The number of thiol groups is 1. The van der Waals surface area contributed by atoms with E-state index in [-0.39, 0.29) is 5.91 Å². The molecule has 1 amide bonds. The second-order valence-corrected chi connectivity index (χ2v) is 5.53. The fourth-order valence-corrected chi connectivity index (χ4v) is 3.11. The van der Waals surface area contributed by atoms with Gasteiger partial charge in [-0.2, -0.15) is 0 Å². The lowest BCUT2D eigenvalue weighted by molar-refractivity contribution is -0.116. The molecule has 0 spiro atoms. The molecule has 0 aliphatic carbocycles. The van der Waals surface area contributed by atoms with E-state index in [1.807, 2.05) is 12.1 Å². The number of pyridine rings is 1. The predicted molar refractivity (Wildman–Crippen MR) is 73.2 cm³/mol. The molecule has 2 rings (SSSR count). The zero-order valence-corrected chi connectivity index (χ0v) is 11.2. The Morgan fingerprint density at radius 3 is 2.94 bits per heavy atom. The Hall–Kier alpha value is -1.05. The minimum absolute atomic E-state index is 0.126. The zero-order chi connectivity index (χ0) is 12.1. The van der Waals surface area contributed by atoms with Gasteiger partial charge in [0.1, 0.15) is 0 Å². The number of thioether (sulfide) groups is 1. The Bertz CT molecular complexity index is 501. The number of hydrogen-bond acceptors (Lipinski definition) is 6. The van der Waals surface area contributed by atoms with E-state index in [9.17, 15) is 4.79 Å². The molecule has 2 aromatic heterocycles. The van der Waals surface area contributed by atoms with Gasteiger partial charge in [-0.05, 0) is 17.7 Å². The molecule has 0 unspecified atom stereocenters. The highest BCUT2D eigenvalue weighted by molar-refractivity contribution is 8.01. The van der Waals surface area contributed by atoms with Gasteiger partial charge < -0.3 is 4.72 Å². The van der Waals surface area contributed by atoms with Gasteiger partial charge in [0.05, 0.1) is 10.6 Å². The Labute approximate surface area is 112 Å². The van der Waals surface area contributed by atoms with Crippen molar-refractivity contribution in [2.24, 2.45) is 0 Å². The molecule has 0 fully saturated rings. The summed E-state index contributed by atoms with van der Waals surface area (Å²) in [5.41, 5.74) is 1.09. The smallest absolute Gasteiger partial charge is 0.240 e. The summed E-state index contributed by atoms with van der Waals surface area (Å²) < 4.78 is 3.15. The van der Waals surface area contributed by atoms with Gasteiger partial charge in [-0.1, -0.05) is 24.6 Å². The second-order valence-electron chi connectivity index (χ2n) is 3.05. The van der Waals surface area contributed by atoms with Crippen LogP contribution in [0.1, 0.15) is 0 Å². The molecule has 1 N–H and O–H groups in total. The third kappa shape index (κ3) is 3.45. The Morgan fingerprint density at radius 2 is 2.24 bits per heavy atom. The number of carbonyl (C=O) groups is 1. The van der Waals surface area contributed by atoms with E-state index in [1.54, 1.807) is 29.9 Å². The zero-order valence-electron chi connectivity index (χ0n) is 8.66. The lowest BCUT2D eigenvalue weighted by atomic mass is 10.2. The highest BCUT2D eigenvalue weighted by Gasteiger charge is 2.06. The number of nitrogens with one attached hydrogen (secondary N) is 1. The average molecular weight is 283 g/mol. The van der Waals surface area contributed by atoms with E-state index < -0.39 is 0 Å². The van der Waals surface area contributed by atoms with Crippen LogP contribution in [0.4, 0.5) is 0 Å². The van der Waals surface area contributed by atoms with Crippen LogP contribution in [0.5, 0.6) is 0 Å². The van der Waals surface area contributed by atoms with E-state index >= 15 is 0 Å². The normalized spacial score (nSPS) is 10.2. The van der Waals surface area contributed by atoms with Crippen LogP contribution in [0.3, 0.4) is 0 Å². The van der Waals surface area contributed by atoms with Crippen LogP contribution in [0.2, 0.25) is 0 Å². The molecule has 2 heterocycles. The summed E-state index contributed by atoms with van der Waals surface area (Å²) in [4.78, 5) is 20.3. The van der Waals surface area contributed by atoms with Gasteiger partial charge in [-0.25, -0.2) is 4.98 Å². The van der Waals surface area contributed by atoms with Gasteiger partial charge in [-0.15, -0.1) is 11.3 Å². The number of thiazole rings is 1. The number of carbonyl (C=O) groups excluding carboxylic acids is 1. The van der Waals surface area contributed by atoms with Gasteiger partial charge in [0, 0.05) is 18.6 Å². The van der Waals surface area contributed by atoms with Crippen molar-refractivity contribution in [2.45, 2.75) is 4.34 Å². The first-order valence-electron chi connectivity index (χ1n) is 4.71. The van der Waals surface area contributed by atoms with Crippen molar-refractivity contribution in [3.05, 3.63) is 30.7 Å². The van der Waals surface area contributed by atoms with Crippen molar-refractivity contribution in [1.82, 2.24) is 14.7 Å². The summed E-state index contributed by atoms with van der Waals surface area (Å²) in [5.74, 6) is 0.200. The highest BCUT2D eigenvalue weighted by Crippen LogP contribution is 2.30. The second kappa shape index (κ2) is 6.04. The lowest BCUT2D eigenvalue weighted by Crippen LogP contribution is -2.14. The summed E-state index contributed by atoms with van der Waals surface area (Å²) in [5, 5.41) is 0. The molecule has 17 heavy (non-hydrogen) atoms. The predicted octanol–water partition coefficient (Wildman–Crippen LogP) is 2.26. The van der Waals surface area contributed by atoms with Crippen molar-refractivity contribution in [1.29, 1.82) is 0 Å². The minimum Gasteiger partial charge on any atom is -0.302 e. The standard InChI is InChI=1S/C10H9N3OS3/c14-9(13-15)6-16-10-12-5-8(17-10)7-1-3-11-4-2-7/h1-5,15H,6H2,(H,13,14). The van der Waals surface area contributed by atoms with E-state index in [0.29, 0.717) is 5.75 Å². The topological polar surface area (TPSA) is 54.9 Å². The molecule has 4 nitrogen and oxygen atoms in total.